The molecule has 2 aromatic rings. The van der Waals surface area contributed by atoms with Crippen LogP contribution in [0.1, 0.15) is 11.1 Å². The van der Waals surface area contributed by atoms with Crippen LogP contribution in [0, 0.1) is 0 Å². The van der Waals surface area contributed by atoms with Gasteiger partial charge in [-0.1, -0.05) is 23.7 Å². The maximum absolute atomic E-state index is 12.3. The number of pyridine rings is 1. The summed E-state index contributed by atoms with van der Waals surface area (Å²) in [5, 5.41) is 3.57. The van der Waals surface area contributed by atoms with Gasteiger partial charge in [0.1, 0.15) is 5.82 Å². The molecule has 2 nitrogen and oxygen atoms in total. The molecule has 0 aliphatic heterocycles. The van der Waals surface area contributed by atoms with Gasteiger partial charge in [0.05, 0.1) is 5.56 Å². The number of hydrogen-bond acceptors (Lipinski definition) is 2. The predicted octanol–water partition coefficient (Wildman–Crippen LogP) is 4.37. The highest BCUT2D eigenvalue weighted by Gasteiger charge is 2.30. The van der Waals surface area contributed by atoms with E-state index in [4.69, 9.17) is 11.6 Å². The van der Waals surface area contributed by atoms with E-state index in [1.54, 1.807) is 12.1 Å². The van der Waals surface area contributed by atoms with Crippen LogP contribution in [0.25, 0.3) is 0 Å². The van der Waals surface area contributed by atoms with Gasteiger partial charge in [-0.3, -0.25) is 0 Å². The van der Waals surface area contributed by atoms with Crippen molar-refractivity contribution < 1.29 is 13.2 Å². The summed E-state index contributed by atoms with van der Waals surface area (Å²) in [4.78, 5) is 3.72. The van der Waals surface area contributed by atoms with Gasteiger partial charge < -0.3 is 5.32 Å². The number of nitrogens with zero attached hydrogens (tertiary/aromatic N) is 1. The van der Waals surface area contributed by atoms with Crippen LogP contribution in [-0.2, 0) is 12.7 Å². The van der Waals surface area contributed by atoms with Crippen molar-refractivity contribution in [3.63, 3.8) is 0 Å². The van der Waals surface area contributed by atoms with E-state index in [0.717, 1.165) is 17.8 Å². The Labute approximate surface area is 113 Å². The Bertz CT molecular complexity index is 535. The second kappa shape index (κ2) is 5.48. The van der Waals surface area contributed by atoms with E-state index < -0.39 is 11.7 Å². The summed E-state index contributed by atoms with van der Waals surface area (Å²) in [6.07, 6.45) is -3.55. The number of alkyl halides is 3. The van der Waals surface area contributed by atoms with E-state index in [0.29, 0.717) is 17.4 Å². The van der Waals surface area contributed by atoms with Crippen LogP contribution in [0.5, 0.6) is 0 Å². The van der Waals surface area contributed by atoms with Crippen LogP contribution < -0.4 is 5.32 Å². The number of halogens is 4. The van der Waals surface area contributed by atoms with E-state index in [2.05, 4.69) is 10.3 Å². The monoisotopic (exact) mass is 286 g/mol. The third kappa shape index (κ3) is 3.86. The highest BCUT2D eigenvalue weighted by molar-refractivity contribution is 6.30. The van der Waals surface area contributed by atoms with Gasteiger partial charge in [-0.25, -0.2) is 4.98 Å². The zero-order valence-corrected chi connectivity index (χ0v) is 10.5. The molecule has 1 aromatic heterocycles. The van der Waals surface area contributed by atoms with Crippen LogP contribution in [0.2, 0.25) is 5.02 Å². The van der Waals surface area contributed by atoms with Gasteiger partial charge in [-0.2, -0.15) is 13.2 Å². The molecule has 6 heteroatoms. The Balaban J connectivity index is 1.98. The Morgan fingerprint density at radius 2 is 1.74 bits per heavy atom. The van der Waals surface area contributed by atoms with Gasteiger partial charge in [-0.05, 0) is 29.8 Å². The lowest BCUT2D eigenvalue weighted by atomic mass is 10.2. The number of rotatable bonds is 3. The van der Waals surface area contributed by atoms with Gasteiger partial charge in [0.25, 0.3) is 0 Å². The van der Waals surface area contributed by atoms with Crippen molar-refractivity contribution in [2.24, 2.45) is 0 Å². The SMILES string of the molecule is FC(F)(F)c1ccc(NCc2ccc(Cl)cc2)nc1. The van der Waals surface area contributed by atoms with Crippen LogP contribution in [0.4, 0.5) is 19.0 Å². The van der Waals surface area contributed by atoms with Crippen molar-refractivity contribution in [1.29, 1.82) is 0 Å². The molecule has 0 aliphatic rings. The molecular weight excluding hydrogens is 277 g/mol. The Morgan fingerprint density at radius 3 is 2.26 bits per heavy atom. The third-order valence-electron chi connectivity index (χ3n) is 2.48. The predicted molar refractivity (Wildman–Crippen MR) is 68.0 cm³/mol. The molecule has 0 fully saturated rings. The van der Waals surface area contributed by atoms with Gasteiger partial charge in [0.15, 0.2) is 0 Å². The molecule has 0 bridgehead atoms. The van der Waals surface area contributed by atoms with Crippen LogP contribution >= 0.6 is 11.6 Å². The van der Waals surface area contributed by atoms with Crippen molar-refractivity contribution in [2.45, 2.75) is 12.7 Å². The van der Waals surface area contributed by atoms with Gasteiger partial charge in [-0.15, -0.1) is 0 Å². The van der Waals surface area contributed by atoms with Crippen LogP contribution in [0.3, 0.4) is 0 Å². The zero-order chi connectivity index (χ0) is 13.9. The molecular formula is C13H10ClF3N2. The fourth-order valence-electron chi connectivity index (χ4n) is 1.46. The zero-order valence-electron chi connectivity index (χ0n) is 9.71. The van der Waals surface area contributed by atoms with E-state index in [9.17, 15) is 13.2 Å². The van der Waals surface area contributed by atoms with E-state index in [1.165, 1.54) is 6.07 Å². The molecule has 19 heavy (non-hydrogen) atoms. The van der Waals surface area contributed by atoms with Crippen molar-refractivity contribution in [1.82, 2.24) is 4.98 Å². The average molecular weight is 287 g/mol. The quantitative estimate of drug-likeness (QED) is 0.906. The number of nitrogens with one attached hydrogen (secondary N) is 1. The molecule has 0 aliphatic carbocycles. The van der Waals surface area contributed by atoms with Gasteiger partial charge in [0.2, 0.25) is 0 Å². The molecule has 0 spiro atoms. The van der Waals surface area contributed by atoms with Crippen LogP contribution in [0.15, 0.2) is 42.6 Å². The number of benzene rings is 1. The van der Waals surface area contributed by atoms with Crippen molar-refractivity contribution in [2.75, 3.05) is 5.32 Å². The van der Waals surface area contributed by atoms with E-state index in [1.807, 2.05) is 12.1 Å². The second-order valence-electron chi connectivity index (χ2n) is 3.91. The third-order valence-corrected chi connectivity index (χ3v) is 2.73. The minimum absolute atomic E-state index is 0.392. The molecule has 0 atom stereocenters. The molecule has 1 heterocycles. The number of anilines is 1. The first-order chi connectivity index (χ1) is 8.95. The van der Waals surface area contributed by atoms with E-state index in [-0.39, 0.29) is 0 Å². The first-order valence-corrected chi connectivity index (χ1v) is 5.84. The molecule has 0 saturated heterocycles. The summed E-state index contributed by atoms with van der Waals surface area (Å²) >= 11 is 5.75. The molecule has 0 unspecified atom stereocenters. The first kappa shape index (κ1) is 13.7. The fourth-order valence-corrected chi connectivity index (χ4v) is 1.59. The minimum Gasteiger partial charge on any atom is -0.366 e. The molecule has 0 amide bonds. The topological polar surface area (TPSA) is 24.9 Å². The lowest BCUT2D eigenvalue weighted by Gasteiger charge is -2.08. The molecule has 0 radical (unpaired) electrons. The van der Waals surface area contributed by atoms with Crippen molar-refractivity contribution in [3.8, 4) is 0 Å². The molecule has 2 rings (SSSR count). The molecule has 0 saturated carbocycles. The number of aromatic nitrogens is 1. The summed E-state index contributed by atoms with van der Waals surface area (Å²) < 4.78 is 37.0. The Kier molecular flexibility index (Phi) is 3.95. The smallest absolute Gasteiger partial charge is 0.366 e. The maximum atomic E-state index is 12.3. The maximum Gasteiger partial charge on any atom is 0.417 e. The summed E-state index contributed by atoms with van der Waals surface area (Å²) in [6, 6.07) is 9.46. The summed E-state index contributed by atoms with van der Waals surface area (Å²) in [5.74, 6) is 0.392. The van der Waals surface area contributed by atoms with Crippen molar-refractivity contribution in [3.05, 3.63) is 58.7 Å². The minimum atomic E-state index is -4.36. The highest BCUT2D eigenvalue weighted by atomic mass is 35.5. The highest BCUT2D eigenvalue weighted by Crippen LogP contribution is 2.28. The van der Waals surface area contributed by atoms with Crippen molar-refractivity contribution >= 4 is 17.4 Å². The standard InChI is InChI=1S/C13H10ClF3N2/c14-11-4-1-9(2-5-11)7-18-12-6-3-10(8-19-12)13(15,16)17/h1-6,8H,7H2,(H,18,19). The average Bonchev–Trinajstić information content (AvgIpc) is 2.37. The first-order valence-electron chi connectivity index (χ1n) is 5.47. The molecule has 1 N–H and O–H groups in total. The van der Waals surface area contributed by atoms with Crippen LogP contribution in [-0.4, -0.2) is 4.98 Å². The van der Waals surface area contributed by atoms with Gasteiger partial charge in [0, 0.05) is 17.8 Å². The van der Waals surface area contributed by atoms with E-state index >= 15 is 0 Å². The Hall–Kier alpha value is -1.75. The summed E-state index contributed by atoms with van der Waals surface area (Å²) in [6.45, 7) is 0.468. The Morgan fingerprint density at radius 1 is 1.05 bits per heavy atom. The normalized spacial score (nSPS) is 11.4. The fraction of sp³-hybridized carbons (Fsp3) is 0.154. The lowest BCUT2D eigenvalue weighted by Crippen LogP contribution is -2.07. The molecule has 1 aromatic carbocycles. The summed E-state index contributed by atoms with van der Waals surface area (Å²) in [7, 11) is 0. The largest absolute Gasteiger partial charge is 0.417 e. The summed E-state index contributed by atoms with van der Waals surface area (Å²) in [5.41, 5.74) is 0.204. The number of hydrogen-bond donors (Lipinski definition) is 1. The van der Waals surface area contributed by atoms with Gasteiger partial charge >= 0.3 is 6.18 Å². The lowest BCUT2D eigenvalue weighted by molar-refractivity contribution is -0.137. The molecule has 100 valence electrons. The second-order valence-corrected chi connectivity index (χ2v) is 4.35.